The van der Waals surface area contributed by atoms with Gasteiger partial charge in [-0.2, -0.15) is 5.26 Å². The summed E-state index contributed by atoms with van der Waals surface area (Å²) in [5.41, 5.74) is 2.18. The highest BCUT2D eigenvalue weighted by Crippen LogP contribution is 2.37. The van der Waals surface area contributed by atoms with Crippen LogP contribution in [0, 0.1) is 11.3 Å². The molecule has 0 fully saturated rings. The molecule has 0 heterocycles. The van der Waals surface area contributed by atoms with Gasteiger partial charge < -0.3 is 9.47 Å². The molecule has 0 aromatic heterocycles. The molecule has 1 atom stereocenters. The number of methoxy groups -OCH3 is 2. The van der Waals surface area contributed by atoms with Crippen molar-refractivity contribution in [3.05, 3.63) is 35.4 Å². The van der Waals surface area contributed by atoms with Gasteiger partial charge in [-0.25, -0.2) is 0 Å². The van der Waals surface area contributed by atoms with Crippen LogP contribution in [0.3, 0.4) is 0 Å². The van der Waals surface area contributed by atoms with Crippen LogP contribution in [0.5, 0.6) is 11.5 Å². The first-order valence-corrected chi connectivity index (χ1v) is 5.60. The molecule has 0 saturated carbocycles. The van der Waals surface area contributed by atoms with Crippen LogP contribution in [0.25, 0.3) is 0 Å². The van der Waals surface area contributed by atoms with Gasteiger partial charge in [0.25, 0.3) is 0 Å². The molecule has 88 valence electrons. The van der Waals surface area contributed by atoms with Gasteiger partial charge in [-0.3, -0.25) is 0 Å². The van der Waals surface area contributed by atoms with E-state index < -0.39 is 0 Å². The standard InChI is InChI=1S/C14H15NO2/c1-16-13-7-6-11(8-14(13)17-2)12(9-15)10-4-3-5-10/h4,6-8,12H,3,5H2,1-2H3. The molecule has 0 amide bonds. The Balaban J connectivity index is 2.35. The number of hydrogen-bond donors (Lipinski definition) is 0. The zero-order chi connectivity index (χ0) is 12.3. The first-order valence-electron chi connectivity index (χ1n) is 5.60. The molecule has 1 aromatic carbocycles. The SMILES string of the molecule is COc1ccc(C(C#N)C2=CCC2)cc1OC. The molecule has 2 rings (SSSR count). The second-order valence-corrected chi connectivity index (χ2v) is 3.99. The average molecular weight is 229 g/mol. The summed E-state index contributed by atoms with van der Waals surface area (Å²) in [5.74, 6) is 1.21. The molecular weight excluding hydrogens is 214 g/mol. The highest BCUT2D eigenvalue weighted by molar-refractivity contribution is 5.48. The van der Waals surface area contributed by atoms with Crippen molar-refractivity contribution in [1.82, 2.24) is 0 Å². The smallest absolute Gasteiger partial charge is 0.161 e. The van der Waals surface area contributed by atoms with Crippen LogP contribution in [0.2, 0.25) is 0 Å². The predicted molar refractivity (Wildman–Crippen MR) is 65.2 cm³/mol. The van der Waals surface area contributed by atoms with E-state index in [1.807, 2.05) is 18.2 Å². The molecule has 1 unspecified atom stereocenters. The van der Waals surface area contributed by atoms with Gasteiger partial charge in [0.05, 0.1) is 26.2 Å². The van der Waals surface area contributed by atoms with Crippen LogP contribution in [-0.4, -0.2) is 14.2 Å². The lowest BCUT2D eigenvalue weighted by molar-refractivity contribution is 0.354. The van der Waals surface area contributed by atoms with Gasteiger partial charge in [-0.05, 0) is 30.5 Å². The van der Waals surface area contributed by atoms with Crippen LogP contribution >= 0.6 is 0 Å². The Hall–Kier alpha value is -1.95. The minimum Gasteiger partial charge on any atom is -0.493 e. The highest BCUT2D eigenvalue weighted by Gasteiger charge is 2.21. The third-order valence-corrected chi connectivity index (χ3v) is 3.08. The fraction of sp³-hybridized carbons (Fsp3) is 0.357. The van der Waals surface area contributed by atoms with Crippen molar-refractivity contribution >= 4 is 0 Å². The lowest BCUT2D eigenvalue weighted by Crippen LogP contribution is -2.06. The second kappa shape index (κ2) is 4.92. The van der Waals surface area contributed by atoms with Crippen molar-refractivity contribution in [3.8, 4) is 17.6 Å². The fourth-order valence-corrected chi connectivity index (χ4v) is 1.98. The van der Waals surface area contributed by atoms with Gasteiger partial charge in [0.15, 0.2) is 11.5 Å². The van der Waals surface area contributed by atoms with Gasteiger partial charge >= 0.3 is 0 Å². The monoisotopic (exact) mass is 229 g/mol. The summed E-state index contributed by atoms with van der Waals surface area (Å²) in [6, 6.07) is 8.00. The largest absolute Gasteiger partial charge is 0.493 e. The van der Waals surface area contributed by atoms with Crippen LogP contribution in [0.1, 0.15) is 24.3 Å². The third kappa shape index (κ3) is 2.12. The summed E-state index contributed by atoms with van der Waals surface area (Å²) in [6.45, 7) is 0. The van der Waals surface area contributed by atoms with E-state index in [9.17, 15) is 5.26 Å². The van der Waals surface area contributed by atoms with Gasteiger partial charge in [-0.15, -0.1) is 0 Å². The molecule has 1 aromatic rings. The molecular formula is C14H15NO2. The number of ether oxygens (including phenoxy) is 2. The van der Waals surface area contributed by atoms with E-state index in [4.69, 9.17) is 9.47 Å². The Morgan fingerprint density at radius 3 is 2.41 bits per heavy atom. The fourth-order valence-electron chi connectivity index (χ4n) is 1.98. The molecule has 3 heteroatoms. The second-order valence-electron chi connectivity index (χ2n) is 3.99. The van der Waals surface area contributed by atoms with E-state index in [1.54, 1.807) is 14.2 Å². The van der Waals surface area contributed by atoms with E-state index in [-0.39, 0.29) is 5.92 Å². The maximum absolute atomic E-state index is 9.24. The van der Waals surface area contributed by atoms with Crippen molar-refractivity contribution in [2.24, 2.45) is 0 Å². The van der Waals surface area contributed by atoms with E-state index >= 15 is 0 Å². The maximum Gasteiger partial charge on any atom is 0.161 e. The molecule has 0 aliphatic heterocycles. The summed E-state index contributed by atoms with van der Waals surface area (Å²) >= 11 is 0. The number of benzene rings is 1. The van der Waals surface area contributed by atoms with Gasteiger partial charge in [0.2, 0.25) is 0 Å². The first-order chi connectivity index (χ1) is 8.30. The zero-order valence-corrected chi connectivity index (χ0v) is 10.1. The number of nitriles is 1. The molecule has 17 heavy (non-hydrogen) atoms. The van der Waals surface area contributed by atoms with Crippen LogP contribution < -0.4 is 9.47 Å². The van der Waals surface area contributed by atoms with Crippen LogP contribution in [-0.2, 0) is 0 Å². The lowest BCUT2D eigenvalue weighted by Gasteiger charge is -2.20. The Morgan fingerprint density at radius 2 is 1.94 bits per heavy atom. The van der Waals surface area contributed by atoms with E-state index in [0.29, 0.717) is 11.5 Å². The van der Waals surface area contributed by atoms with Gasteiger partial charge in [0, 0.05) is 0 Å². The van der Waals surface area contributed by atoms with Gasteiger partial charge in [-0.1, -0.05) is 17.7 Å². The average Bonchev–Trinajstić information content (AvgIpc) is 2.32. The van der Waals surface area contributed by atoms with E-state index in [1.165, 1.54) is 5.57 Å². The van der Waals surface area contributed by atoms with E-state index in [2.05, 4.69) is 12.1 Å². The molecule has 0 bridgehead atoms. The number of nitrogens with zero attached hydrogens (tertiary/aromatic N) is 1. The van der Waals surface area contributed by atoms with Crippen molar-refractivity contribution in [2.45, 2.75) is 18.8 Å². The third-order valence-electron chi connectivity index (χ3n) is 3.08. The minimum atomic E-state index is -0.149. The van der Waals surface area contributed by atoms with Crippen molar-refractivity contribution < 1.29 is 9.47 Å². The van der Waals surface area contributed by atoms with Crippen molar-refractivity contribution in [1.29, 1.82) is 5.26 Å². The van der Waals surface area contributed by atoms with E-state index in [0.717, 1.165) is 18.4 Å². The minimum absolute atomic E-state index is 0.149. The number of rotatable bonds is 4. The van der Waals surface area contributed by atoms with Crippen LogP contribution in [0.4, 0.5) is 0 Å². The molecule has 0 N–H and O–H groups in total. The Morgan fingerprint density at radius 1 is 1.24 bits per heavy atom. The maximum atomic E-state index is 9.24. The van der Waals surface area contributed by atoms with Crippen molar-refractivity contribution in [3.63, 3.8) is 0 Å². The number of hydrogen-bond acceptors (Lipinski definition) is 3. The molecule has 1 aliphatic carbocycles. The zero-order valence-electron chi connectivity index (χ0n) is 10.1. The molecule has 1 aliphatic rings. The summed E-state index contributed by atoms with van der Waals surface area (Å²) < 4.78 is 10.4. The molecule has 0 radical (unpaired) electrons. The first kappa shape index (κ1) is 11.5. The quantitative estimate of drug-likeness (QED) is 0.745. The lowest BCUT2D eigenvalue weighted by atomic mass is 9.83. The van der Waals surface area contributed by atoms with Crippen LogP contribution in [0.15, 0.2) is 29.8 Å². The topological polar surface area (TPSA) is 42.2 Å². The Bertz CT molecular complexity index is 485. The number of allylic oxidation sites excluding steroid dienone is 2. The highest BCUT2D eigenvalue weighted by atomic mass is 16.5. The van der Waals surface area contributed by atoms with Crippen molar-refractivity contribution in [2.75, 3.05) is 14.2 Å². The Kier molecular flexibility index (Phi) is 3.34. The predicted octanol–water partition coefficient (Wildman–Crippen LogP) is 3.03. The summed E-state index contributed by atoms with van der Waals surface area (Å²) in [4.78, 5) is 0. The summed E-state index contributed by atoms with van der Waals surface area (Å²) in [5, 5.41) is 9.24. The molecule has 0 saturated heterocycles. The summed E-state index contributed by atoms with van der Waals surface area (Å²) in [6.07, 6.45) is 4.23. The molecule has 0 spiro atoms. The molecule has 3 nitrogen and oxygen atoms in total. The Labute approximate surface area is 101 Å². The summed E-state index contributed by atoms with van der Waals surface area (Å²) in [7, 11) is 3.21. The normalized spacial score (nSPS) is 15.2. The van der Waals surface area contributed by atoms with Gasteiger partial charge in [0.1, 0.15) is 0 Å².